The first kappa shape index (κ1) is 18.3. The molecule has 1 amide bonds. The van der Waals surface area contributed by atoms with E-state index in [1.165, 1.54) is 15.6 Å². The molecule has 0 radical (unpaired) electrons. The Labute approximate surface area is 156 Å². The van der Waals surface area contributed by atoms with E-state index in [-0.39, 0.29) is 5.91 Å². The van der Waals surface area contributed by atoms with Crippen molar-refractivity contribution >= 4 is 44.6 Å². The fraction of sp³-hybridized carbons (Fsp3) is 0.312. The van der Waals surface area contributed by atoms with Crippen LogP contribution in [0.2, 0.25) is 5.02 Å². The molecule has 1 fully saturated rings. The van der Waals surface area contributed by atoms with Gasteiger partial charge in [-0.05, 0) is 35.7 Å². The van der Waals surface area contributed by atoms with Gasteiger partial charge < -0.3 is 10.2 Å². The molecule has 0 saturated carbocycles. The zero-order valence-corrected chi connectivity index (χ0v) is 15.8. The van der Waals surface area contributed by atoms with Gasteiger partial charge in [-0.25, -0.2) is 8.42 Å². The maximum atomic E-state index is 12.5. The molecular formula is C16H19ClN3O3S2+. The smallest absolute Gasteiger partial charge is 0.279 e. The normalized spacial score (nSPS) is 16.7. The van der Waals surface area contributed by atoms with E-state index in [9.17, 15) is 13.2 Å². The zero-order chi connectivity index (χ0) is 17.9. The average Bonchev–Trinajstić information content (AvgIpc) is 3.13. The zero-order valence-electron chi connectivity index (χ0n) is 13.4. The lowest BCUT2D eigenvalue weighted by Gasteiger charge is -2.30. The highest BCUT2D eigenvalue weighted by Gasteiger charge is 2.31. The van der Waals surface area contributed by atoms with Gasteiger partial charge in [0.1, 0.15) is 4.21 Å². The topological polar surface area (TPSA) is 70.9 Å². The predicted octanol–water partition coefficient (Wildman–Crippen LogP) is 0.929. The molecule has 2 aromatic rings. The number of carbonyl (C=O) groups is 1. The van der Waals surface area contributed by atoms with Crippen molar-refractivity contribution in [1.29, 1.82) is 0 Å². The molecule has 1 saturated heterocycles. The van der Waals surface area contributed by atoms with Crippen LogP contribution in [0.5, 0.6) is 0 Å². The second-order valence-electron chi connectivity index (χ2n) is 5.82. The number of carbonyl (C=O) groups excluding carboxylic acids is 1. The SMILES string of the molecule is O=C(C[NH+]1CCN(S(=O)(=O)c2cccs2)CC1)Nc1ccc(Cl)cc1. The molecule has 3 rings (SSSR count). The average molecular weight is 401 g/mol. The molecule has 0 aliphatic carbocycles. The molecule has 2 heterocycles. The van der Waals surface area contributed by atoms with Crippen molar-refractivity contribution in [3.05, 3.63) is 46.8 Å². The molecule has 9 heteroatoms. The molecular weight excluding hydrogens is 382 g/mol. The minimum absolute atomic E-state index is 0.0908. The van der Waals surface area contributed by atoms with E-state index in [1.54, 1.807) is 41.8 Å². The number of amides is 1. The number of hydrogen-bond donors (Lipinski definition) is 2. The van der Waals surface area contributed by atoms with Crippen molar-refractivity contribution < 1.29 is 18.1 Å². The van der Waals surface area contributed by atoms with Gasteiger partial charge in [-0.15, -0.1) is 11.3 Å². The fourth-order valence-electron chi connectivity index (χ4n) is 2.72. The molecule has 0 atom stereocenters. The molecule has 1 aromatic carbocycles. The Hall–Kier alpha value is -1.45. The fourth-order valence-corrected chi connectivity index (χ4v) is 5.43. The minimum atomic E-state index is -3.40. The number of hydrogen-bond acceptors (Lipinski definition) is 4. The first-order valence-corrected chi connectivity index (χ1v) is 10.6. The van der Waals surface area contributed by atoms with Crippen LogP contribution < -0.4 is 10.2 Å². The van der Waals surface area contributed by atoms with Crippen molar-refractivity contribution in [1.82, 2.24) is 4.31 Å². The third kappa shape index (κ3) is 4.59. The van der Waals surface area contributed by atoms with Crippen LogP contribution in [-0.2, 0) is 14.8 Å². The Kier molecular flexibility index (Phi) is 5.75. The van der Waals surface area contributed by atoms with Gasteiger partial charge in [0.25, 0.3) is 15.9 Å². The highest BCUT2D eigenvalue weighted by atomic mass is 35.5. The molecule has 1 aliphatic rings. The summed E-state index contributed by atoms with van der Waals surface area (Å²) in [6.45, 7) is 2.38. The van der Waals surface area contributed by atoms with Crippen molar-refractivity contribution in [2.24, 2.45) is 0 Å². The summed E-state index contributed by atoms with van der Waals surface area (Å²) in [7, 11) is -3.40. The summed E-state index contributed by atoms with van der Waals surface area (Å²) in [6, 6.07) is 10.3. The summed E-state index contributed by atoms with van der Waals surface area (Å²) in [4.78, 5) is 13.2. The largest absolute Gasteiger partial charge is 0.325 e. The number of quaternary nitrogens is 1. The van der Waals surface area contributed by atoms with Crippen LogP contribution in [0.3, 0.4) is 0 Å². The third-order valence-corrected chi connectivity index (χ3v) is 7.58. The quantitative estimate of drug-likeness (QED) is 0.784. The first-order valence-electron chi connectivity index (χ1n) is 7.88. The number of sulfonamides is 1. The van der Waals surface area contributed by atoms with E-state index in [0.717, 1.165) is 4.90 Å². The molecule has 25 heavy (non-hydrogen) atoms. The van der Waals surface area contributed by atoms with Crippen molar-refractivity contribution in [3.63, 3.8) is 0 Å². The molecule has 134 valence electrons. The van der Waals surface area contributed by atoms with E-state index in [2.05, 4.69) is 5.32 Å². The standard InChI is InChI=1S/C16H18ClN3O3S2/c17-13-3-5-14(6-4-13)18-15(21)12-19-7-9-20(10-8-19)25(22,23)16-2-1-11-24-16/h1-6,11H,7-10,12H2,(H,18,21)/p+1. The predicted molar refractivity (Wildman–Crippen MR) is 98.7 cm³/mol. The second kappa shape index (κ2) is 7.84. The lowest BCUT2D eigenvalue weighted by molar-refractivity contribution is -0.895. The van der Waals surface area contributed by atoms with Gasteiger partial charge in [-0.2, -0.15) is 4.31 Å². The Morgan fingerprint density at radius 1 is 1.20 bits per heavy atom. The molecule has 0 bridgehead atoms. The summed E-state index contributed by atoms with van der Waals surface area (Å²) < 4.78 is 26.8. The molecule has 6 nitrogen and oxygen atoms in total. The van der Waals surface area contributed by atoms with Crippen LogP contribution in [0.15, 0.2) is 46.0 Å². The van der Waals surface area contributed by atoms with Gasteiger partial charge >= 0.3 is 0 Å². The number of anilines is 1. The summed E-state index contributed by atoms with van der Waals surface area (Å²) in [5.74, 6) is -0.0908. The van der Waals surface area contributed by atoms with Gasteiger partial charge in [0.2, 0.25) is 0 Å². The van der Waals surface area contributed by atoms with Crippen molar-refractivity contribution in [2.75, 3.05) is 38.0 Å². The Morgan fingerprint density at radius 3 is 2.48 bits per heavy atom. The van der Waals surface area contributed by atoms with Gasteiger partial charge in [0, 0.05) is 10.7 Å². The van der Waals surface area contributed by atoms with Gasteiger partial charge in [0.15, 0.2) is 6.54 Å². The number of piperazine rings is 1. The number of thiophene rings is 1. The van der Waals surface area contributed by atoms with Crippen molar-refractivity contribution in [2.45, 2.75) is 4.21 Å². The molecule has 0 spiro atoms. The number of halogens is 1. The van der Waals surface area contributed by atoms with Gasteiger partial charge in [0.05, 0.1) is 26.2 Å². The van der Waals surface area contributed by atoms with Crippen LogP contribution in [0.4, 0.5) is 5.69 Å². The summed E-state index contributed by atoms with van der Waals surface area (Å²) >= 11 is 7.05. The summed E-state index contributed by atoms with van der Waals surface area (Å²) in [5.41, 5.74) is 0.702. The lowest BCUT2D eigenvalue weighted by Crippen LogP contribution is -3.15. The van der Waals surface area contributed by atoms with E-state index in [0.29, 0.717) is 47.6 Å². The van der Waals surface area contributed by atoms with Crippen LogP contribution in [0.25, 0.3) is 0 Å². The Bertz CT molecular complexity index is 815. The summed E-state index contributed by atoms with van der Waals surface area (Å²) in [6.07, 6.45) is 0. The monoisotopic (exact) mass is 400 g/mol. The van der Waals surface area contributed by atoms with E-state index in [4.69, 9.17) is 11.6 Å². The van der Waals surface area contributed by atoms with E-state index >= 15 is 0 Å². The molecule has 2 N–H and O–H groups in total. The molecule has 0 unspecified atom stereocenters. The van der Waals surface area contributed by atoms with Gasteiger partial charge in [-0.3, -0.25) is 4.79 Å². The summed E-state index contributed by atoms with van der Waals surface area (Å²) in [5, 5.41) is 5.21. The van der Waals surface area contributed by atoms with Crippen LogP contribution in [-0.4, -0.2) is 51.4 Å². The highest BCUT2D eigenvalue weighted by Crippen LogP contribution is 2.20. The Balaban J connectivity index is 1.51. The number of benzene rings is 1. The minimum Gasteiger partial charge on any atom is -0.325 e. The van der Waals surface area contributed by atoms with Gasteiger partial charge in [-0.1, -0.05) is 17.7 Å². The Morgan fingerprint density at radius 2 is 1.88 bits per heavy atom. The highest BCUT2D eigenvalue weighted by molar-refractivity contribution is 7.91. The third-order valence-electron chi connectivity index (χ3n) is 4.06. The van der Waals surface area contributed by atoms with E-state index in [1.807, 2.05) is 0 Å². The number of nitrogens with one attached hydrogen (secondary N) is 2. The maximum absolute atomic E-state index is 12.5. The lowest BCUT2D eigenvalue weighted by atomic mass is 10.3. The number of nitrogens with zero attached hydrogens (tertiary/aromatic N) is 1. The number of rotatable bonds is 5. The maximum Gasteiger partial charge on any atom is 0.279 e. The first-order chi connectivity index (χ1) is 11.9. The molecule has 1 aromatic heterocycles. The van der Waals surface area contributed by atoms with Crippen LogP contribution in [0, 0.1) is 0 Å². The van der Waals surface area contributed by atoms with Crippen molar-refractivity contribution in [3.8, 4) is 0 Å². The van der Waals surface area contributed by atoms with E-state index < -0.39 is 10.0 Å². The second-order valence-corrected chi connectivity index (χ2v) is 9.37. The van der Waals surface area contributed by atoms with Crippen LogP contribution >= 0.6 is 22.9 Å². The molecule has 1 aliphatic heterocycles. The van der Waals surface area contributed by atoms with Crippen LogP contribution in [0.1, 0.15) is 0 Å².